The molecule has 0 aromatic carbocycles. The molecule has 1 rings (SSSR count). The molecule has 0 aliphatic carbocycles. The molecule has 1 heterocycles. The van der Waals surface area contributed by atoms with Crippen molar-refractivity contribution in [1.29, 1.82) is 5.41 Å². The number of nitrogen functional groups attached to an aromatic ring is 1. The zero-order valence-corrected chi connectivity index (χ0v) is 9.81. The molecule has 4 heteroatoms. The van der Waals surface area contributed by atoms with Crippen molar-refractivity contribution in [2.75, 3.05) is 5.75 Å². The molecule has 0 bridgehead atoms. The molecular formula is C11H17N3S. The highest BCUT2D eigenvalue weighted by molar-refractivity contribution is 7.99. The van der Waals surface area contributed by atoms with Crippen LogP contribution in [0.1, 0.15) is 31.9 Å². The van der Waals surface area contributed by atoms with Crippen LogP contribution in [0.15, 0.2) is 23.2 Å². The molecule has 0 unspecified atom stereocenters. The summed E-state index contributed by atoms with van der Waals surface area (Å²) in [5.41, 5.74) is 5.94. The van der Waals surface area contributed by atoms with Crippen molar-refractivity contribution < 1.29 is 0 Å². The van der Waals surface area contributed by atoms with Crippen molar-refractivity contribution in [2.45, 2.75) is 31.2 Å². The van der Waals surface area contributed by atoms with E-state index >= 15 is 0 Å². The lowest BCUT2D eigenvalue weighted by molar-refractivity contribution is 0.778. The minimum atomic E-state index is 0.0333. The van der Waals surface area contributed by atoms with E-state index in [0.29, 0.717) is 5.69 Å². The van der Waals surface area contributed by atoms with Crippen molar-refractivity contribution in [3.63, 3.8) is 0 Å². The van der Waals surface area contributed by atoms with Gasteiger partial charge in [-0.25, -0.2) is 4.98 Å². The summed E-state index contributed by atoms with van der Waals surface area (Å²) in [5, 5.41) is 8.24. The van der Waals surface area contributed by atoms with Gasteiger partial charge in [0.05, 0.1) is 5.03 Å². The van der Waals surface area contributed by atoms with Crippen LogP contribution >= 0.6 is 11.8 Å². The highest BCUT2D eigenvalue weighted by Gasteiger charge is 2.00. The molecule has 3 N–H and O–H groups in total. The van der Waals surface area contributed by atoms with Crippen molar-refractivity contribution in [3.8, 4) is 0 Å². The number of aromatic nitrogens is 1. The van der Waals surface area contributed by atoms with Gasteiger partial charge in [-0.1, -0.05) is 25.8 Å². The first-order valence-corrected chi connectivity index (χ1v) is 6.17. The number of unbranched alkanes of at least 4 members (excludes halogenated alkanes) is 2. The highest BCUT2D eigenvalue weighted by atomic mass is 32.2. The van der Waals surface area contributed by atoms with Gasteiger partial charge in [0, 0.05) is 0 Å². The maximum absolute atomic E-state index is 7.28. The summed E-state index contributed by atoms with van der Waals surface area (Å²) in [6.07, 6.45) is 3.72. The maximum Gasteiger partial charge on any atom is 0.141 e. The average Bonchev–Trinajstić information content (AvgIpc) is 2.25. The van der Waals surface area contributed by atoms with E-state index < -0.39 is 0 Å². The SMILES string of the molecule is CCCCCSc1cccc(C(=N)N)n1. The van der Waals surface area contributed by atoms with Crippen LogP contribution in [0, 0.1) is 5.41 Å². The molecule has 0 atom stereocenters. The topological polar surface area (TPSA) is 62.8 Å². The van der Waals surface area contributed by atoms with Crippen molar-refractivity contribution >= 4 is 17.6 Å². The molecule has 0 radical (unpaired) electrons. The van der Waals surface area contributed by atoms with Crippen LogP contribution in [-0.2, 0) is 0 Å². The van der Waals surface area contributed by atoms with Gasteiger partial charge in [-0.15, -0.1) is 11.8 Å². The number of hydrogen-bond acceptors (Lipinski definition) is 3. The molecule has 0 spiro atoms. The lowest BCUT2D eigenvalue weighted by Gasteiger charge is -2.02. The van der Waals surface area contributed by atoms with Crippen LogP contribution in [-0.4, -0.2) is 16.6 Å². The van der Waals surface area contributed by atoms with Gasteiger partial charge in [-0.2, -0.15) is 0 Å². The summed E-state index contributed by atoms with van der Waals surface area (Å²) < 4.78 is 0. The fourth-order valence-electron chi connectivity index (χ4n) is 1.17. The minimum Gasteiger partial charge on any atom is -0.382 e. The zero-order valence-electron chi connectivity index (χ0n) is 8.99. The summed E-state index contributed by atoms with van der Waals surface area (Å²) in [6.45, 7) is 2.19. The van der Waals surface area contributed by atoms with Gasteiger partial charge >= 0.3 is 0 Å². The molecule has 0 fully saturated rings. The summed E-state index contributed by atoms with van der Waals surface area (Å²) in [6, 6.07) is 5.62. The summed E-state index contributed by atoms with van der Waals surface area (Å²) in [4.78, 5) is 4.28. The Balaban J connectivity index is 2.47. The Morgan fingerprint density at radius 3 is 2.93 bits per heavy atom. The smallest absolute Gasteiger partial charge is 0.141 e. The van der Waals surface area contributed by atoms with Crippen LogP contribution in [0.2, 0.25) is 0 Å². The van der Waals surface area contributed by atoms with Crippen molar-refractivity contribution in [3.05, 3.63) is 23.9 Å². The minimum absolute atomic E-state index is 0.0333. The standard InChI is InChI=1S/C11H17N3S/c1-2-3-4-8-15-10-7-5-6-9(14-10)11(12)13/h5-7H,2-4,8H2,1H3,(H3,12,13). The van der Waals surface area contributed by atoms with E-state index in [4.69, 9.17) is 11.1 Å². The van der Waals surface area contributed by atoms with Crippen LogP contribution in [0.5, 0.6) is 0 Å². The molecule has 1 aromatic heterocycles. The number of hydrogen-bond donors (Lipinski definition) is 2. The first kappa shape index (κ1) is 12.0. The van der Waals surface area contributed by atoms with Gasteiger partial charge in [-0.05, 0) is 24.3 Å². The van der Waals surface area contributed by atoms with E-state index in [1.807, 2.05) is 12.1 Å². The van der Waals surface area contributed by atoms with Crippen LogP contribution in [0.4, 0.5) is 0 Å². The number of rotatable bonds is 6. The Bertz CT molecular complexity index is 325. The molecule has 0 saturated carbocycles. The number of nitrogens with zero attached hydrogens (tertiary/aromatic N) is 1. The molecular weight excluding hydrogens is 206 g/mol. The average molecular weight is 223 g/mol. The molecule has 15 heavy (non-hydrogen) atoms. The Kier molecular flexibility index (Phi) is 5.18. The van der Waals surface area contributed by atoms with E-state index in [-0.39, 0.29) is 5.84 Å². The predicted octanol–water partition coefficient (Wildman–Crippen LogP) is 2.65. The van der Waals surface area contributed by atoms with E-state index in [0.717, 1.165) is 10.8 Å². The van der Waals surface area contributed by atoms with Gasteiger partial charge in [-0.3, -0.25) is 5.41 Å². The van der Waals surface area contributed by atoms with Crippen molar-refractivity contribution in [1.82, 2.24) is 4.98 Å². The zero-order chi connectivity index (χ0) is 11.1. The van der Waals surface area contributed by atoms with Crippen molar-refractivity contribution in [2.24, 2.45) is 5.73 Å². The molecule has 3 nitrogen and oxygen atoms in total. The van der Waals surface area contributed by atoms with Crippen LogP contribution in [0.25, 0.3) is 0 Å². The Labute approximate surface area is 95.0 Å². The molecule has 0 amide bonds. The number of nitrogens with two attached hydrogens (primary N) is 1. The van der Waals surface area contributed by atoms with E-state index in [9.17, 15) is 0 Å². The Morgan fingerprint density at radius 2 is 2.27 bits per heavy atom. The van der Waals surface area contributed by atoms with E-state index in [2.05, 4.69) is 11.9 Å². The van der Waals surface area contributed by atoms with Gasteiger partial charge < -0.3 is 5.73 Å². The molecule has 1 aromatic rings. The van der Waals surface area contributed by atoms with E-state index in [1.165, 1.54) is 19.3 Å². The number of amidine groups is 1. The molecule has 0 aliphatic heterocycles. The third-order valence-electron chi connectivity index (χ3n) is 2.00. The fraction of sp³-hybridized carbons (Fsp3) is 0.455. The monoisotopic (exact) mass is 223 g/mol. The van der Waals surface area contributed by atoms with Gasteiger partial charge in [0.15, 0.2) is 0 Å². The lowest BCUT2D eigenvalue weighted by atomic mass is 10.3. The second kappa shape index (κ2) is 6.45. The quantitative estimate of drug-likeness (QED) is 0.337. The molecule has 82 valence electrons. The first-order chi connectivity index (χ1) is 7.24. The lowest BCUT2D eigenvalue weighted by Crippen LogP contribution is -2.13. The number of nitrogens with one attached hydrogen (secondary N) is 1. The third-order valence-corrected chi connectivity index (χ3v) is 3.01. The normalized spacial score (nSPS) is 10.2. The summed E-state index contributed by atoms with van der Waals surface area (Å²) in [5.74, 6) is 1.12. The fourth-order valence-corrected chi connectivity index (χ4v) is 2.07. The maximum atomic E-state index is 7.28. The van der Waals surface area contributed by atoms with Gasteiger partial charge in [0.2, 0.25) is 0 Å². The van der Waals surface area contributed by atoms with Gasteiger partial charge in [0.1, 0.15) is 11.5 Å². The largest absolute Gasteiger partial charge is 0.382 e. The van der Waals surface area contributed by atoms with E-state index in [1.54, 1.807) is 17.8 Å². The first-order valence-electron chi connectivity index (χ1n) is 5.18. The Morgan fingerprint density at radius 1 is 1.47 bits per heavy atom. The highest BCUT2D eigenvalue weighted by Crippen LogP contribution is 2.17. The summed E-state index contributed by atoms with van der Waals surface area (Å²) in [7, 11) is 0. The van der Waals surface area contributed by atoms with Crippen LogP contribution in [0.3, 0.4) is 0 Å². The number of thioether (sulfide) groups is 1. The third kappa shape index (κ3) is 4.34. The van der Waals surface area contributed by atoms with Gasteiger partial charge in [0.25, 0.3) is 0 Å². The second-order valence-electron chi connectivity index (χ2n) is 3.33. The van der Waals surface area contributed by atoms with Crippen LogP contribution < -0.4 is 5.73 Å². The summed E-state index contributed by atoms with van der Waals surface area (Å²) >= 11 is 1.73. The second-order valence-corrected chi connectivity index (χ2v) is 4.45. The molecule has 0 saturated heterocycles. The predicted molar refractivity (Wildman–Crippen MR) is 65.5 cm³/mol. The Hall–Kier alpha value is -1.03. The molecule has 0 aliphatic rings. The number of pyridine rings is 1.